The summed E-state index contributed by atoms with van der Waals surface area (Å²) in [5, 5.41) is 8.03. The predicted octanol–water partition coefficient (Wildman–Crippen LogP) is 3.28. The van der Waals surface area contributed by atoms with E-state index in [0.717, 1.165) is 28.3 Å². The van der Waals surface area contributed by atoms with Crippen molar-refractivity contribution in [2.75, 3.05) is 6.54 Å². The van der Waals surface area contributed by atoms with Gasteiger partial charge in [0.15, 0.2) is 5.69 Å². The Bertz CT molecular complexity index is 802. The van der Waals surface area contributed by atoms with Gasteiger partial charge in [0.05, 0.1) is 17.9 Å². The number of amides is 1. The Labute approximate surface area is 145 Å². The zero-order valence-corrected chi connectivity index (χ0v) is 14.6. The van der Waals surface area contributed by atoms with Crippen molar-refractivity contribution in [3.05, 3.63) is 51.3 Å². The SMILES string of the molecule is C[C@@H]1Cc2c(C(=O)N3CCc4cccc(Cl)c4C3)n[nH]c2[C@H](C)O1. The average molecular weight is 346 g/mol. The van der Waals surface area contributed by atoms with Crippen LogP contribution in [0.1, 0.15) is 52.8 Å². The minimum absolute atomic E-state index is 0.0284. The van der Waals surface area contributed by atoms with Crippen molar-refractivity contribution in [1.82, 2.24) is 15.1 Å². The molecule has 0 saturated heterocycles. The van der Waals surface area contributed by atoms with Crippen LogP contribution >= 0.6 is 11.6 Å². The molecule has 0 radical (unpaired) electrons. The van der Waals surface area contributed by atoms with Gasteiger partial charge in [0, 0.05) is 30.1 Å². The van der Waals surface area contributed by atoms with Crippen LogP contribution in [0.25, 0.3) is 0 Å². The first kappa shape index (κ1) is 15.7. The number of aromatic amines is 1. The van der Waals surface area contributed by atoms with E-state index < -0.39 is 0 Å². The first-order chi connectivity index (χ1) is 11.5. The third-order valence-electron chi connectivity index (χ3n) is 4.94. The molecule has 126 valence electrons. The van der Waals surface area contributed by atoms with E-state index in [1.54, 1.807) is 0 Å². The molecule has 2 atom stereocenters. The Balaban J connectivity index is 1.63. The van der Waals surface area contributed by atoms with Crippen LogP contribution in [0.15, 0.2) is 18.2 Å². The maximum atomic E-state index is 13.0. The zero-order valence-electron chi connectivity index (χ0n) is 13.8. The van der Waals surface area contributed by atoms with Gasteiger partial charge < -0.3 is 9.64 Å². The van der Waals surface area contributed by atoms with Gasteiger partial charge in [-0.05, 0) is 37.5 Å². The van der Waals surface area contributed by atoms with Gasteiger partial charge in [-0.3, -0.25) is 9.89 Å². The number of carbonyl (C=O) groups excluding carboxylic acids is 1. The summed E-state index contributed by atoms with van der Waals surface area (Å²) in [5.41, 5.74) is 4.73. The predicted molar refractivity (Wildman–Crippen MR) is 91.2 cm³/mol. The van der Waals surface area contributed by atoms with Crippen LogP contribution in [0.4, 0.5) is 0 Å². The third-order valence-corrected chi connectivity index (χ3v) is 5.29. The Hall–Kier alpha value is -1.85. The molecule has 2 aliphatic heterocycles. The average Bonchev–Trinajstić information content (AvgIpc) is 2.98. The lowest BCUT2D eigenvalue weighted by atomic mass is 9.97. The number of hydrogen-bond acceptors (Lipinski definition) is 3. The van der Waals surface area contributed by atoms with Gasteiger partial charge in [-0.2, -0.15) is 5.10 Å². The highest BCUT2D eigenvalue weighted by molar-refractivity contribution is 6.31. The molecule has 2 aromatic rings. The Morgan fingerprint density at radius 3 is 3.04 bits per heavy atom. The van der Waals surface area contributed by atoms with E-state index in [9.17, 15) is 4.79 Å². The normalized spacial score (nSPS) is 22.9. The molecule has 0 bridgehead atoms. The number of fused-ring (bicyclic) bond motifs is 2. The van der Waals surface area contributed by atoms with E-state index in [-0.39, 0.29) is 18.1 Å². The van der Waals surface area contributed by atoms with Crippen molar-refractivity contribution in [3.63, 3.8) is 0 Å². The molecule has 0 spiro atoms. The van der Waals surface area contributed by atoms with Gasteiger partial charge in [0.2, 0.25) is 0 Å². The summed E-state index contributed by atoms with van der Waals surface area (Å²) in [5.74, 6) is -0.0284. The number of ether oxygens (including phenoxy) is 1. The van der Waals surface area contributed by atoms with Crippen LogP contribution in [-0.4, -0.2) is 33.7 Å². The largest absolute Gasteiger partial charge is 0.369 e. The standard InChI is InChI=1S/C18H20ClN3O2/c1-10-8-13-16(11(2)24-10)20-21-17(13)18(23)22-7-6-12-4-3-5-15(19)14(12)9-22/h3-5,10-11H,6-9H2,1-2H3,(H,20,21)/t10-,11+/m1/s1. The molecule has 24 heavy (non-hydrogen) atoms. The second-order valence-corrected chi connectivity index (χ2v) is 7.02. The number of rotatable bonds is 1. The van der Waals surface area contributed by atoms with E-state index >= 15 is 0 Å². The van der Waals surface area contributed by atoms with Crippen LogP contribution in [-0.2, 0) is 24.1 Å². The van der Waals surface area contributed by atoms with Crippen molar-refractivity contribution in [3.8, 4) is 0 Å². The second-order valence-electron chi connectivity index (χ2n) is 6.61. The molecule has 0 unspecified atom stereocenters. The highest BCUT2D eigenvalue weighted by Crippen LogP contribution is 2.32. The fraction of sp³-hybridized carbons (Fsp3) is 0.444. The molecule has 3 heterocycles. The lowest BCUT2D eigenvalue weighted by molar-refractivity contribution is -0.00702. The third kappa shape index (κ3) is 2.52. The Kier molecular flexibility index (Phi) is 3.85. The van der Waals surface area contributed by atoms with E-state index in [4.69, 9.17) is 16.3 Å². The highest BCUT2D eigenvalue weighted by Gasteiger charge is 2.32. The molecule has 5 nitrogen and oxygen atoms in total. The van der Waals surface area contributed by atoms with Crippen molar-refractivity contribution in [2.24, 2.45) is 0 Å². The second kappa shape index (κ2) is 5.90. The molecule has 1 N–H and O–H groups in total. The van der Waals surface area contributed by atoms with Gasteiger partial charge in [-0.25, -0.2) is 0 Å². The van der Waals surface area contributed by atoms with Crippen molar-refractivity contribution >= 4 is 17.5 Å². The van der Waals surface area contributed by atoms with Crippen LogP contribution in [0.5, 0.6) is 0 Å². The molecule has 1 aromatic heterocycles. The highest BCUT2D eigenvalue weighted by atomic mass is 35.5. The summed E-state index contributed by atoms with van der Waals surface area (Å²) < 4.78 is 5.80. The number of aromatic nitrogens is 2. The van der Waals surface area contributed by atoms with E-state index in [1.807, 2.05) is 30.9 Å². The summed E-state index contributed by atoms with van der Waals surface area (Å²) >= 11 is 6.31. The summed E-state index contributed by atoms with van der Waals surface area (Å²) in [4.78, 5) is 14.9. The fourth-order valence-corrected chi connectivity index (χ4v) is 3.97. The monoisotopic (exact) mass is 345 g/mol. The topological polar surface area (TPSA) is 58.2 Å². The molecular formula is C18H20ClN3O2. The van der Waals surface area contributed by atoms with Crippen LogP contribution in [0.2, 0.25) is 5.02 Å². The van der Waals surface area contributed by atoms with E-state index in [2.05, 4.69) is 16.3 Å². The van der Waals surface area contributed by atoms with Crippen LogP contribution in [0, 0.1) is 0 Å². The molecule has 6 heteroatoms. The smallest absolute Gasteiger partial charge is 0.274 e. The summed E-state index contributed by atoms with van der Waals surface area (Å²) in [6.45, 7) is 5.24. The minimum atomic E-state index is -0.0608. The van der Waals surface area contributed by atoms with Crippen molar-refractivity contribution in [1.29, 1.82) is 0 Å². The van der Waals surface area contributed by atoms with Gasteiger partial charge in [0.1, 0.15) is 0 Å². The first-order valence-corrected chi connectivity index (χ1v) is 8.70. The zero-order chi connectivity index (χ0) is 16.8. The van der Waals surface area contributed by atoms with Crippen LogP contribution in [0.3, 0.4) is 0 Å². The number of benzene rings is 1. The Morgan fingerprint density at radius 1 is 1.38 bits per heavy atom. The maximum absolute atomic E-state index is 13.0. The summed E-state index contributed by atoms with van der Waals surface area (Å²) in [6.07, 6.45) is 1.56. The number of H-pyrrole nitrogens is 1. The number of halogens is 1. The lowest BCUT2D eigenvalue weighted by Gasteiger charge is -2.30. The Morgan fingerprint density at radius 2 is 2.21 bits per heavy atom. The van der Waals surface area contributed by atoms with Gasteiger partial charge in [-0.1, -0.05) is 23.7 Å². The molecule has 2 aliphatic rings. The molecule has 0 aliphatic carbocycles. The molecule has 1 aromatic carbocycles. The van der Waals surface area contributed by atoms with Crippen LogP contribution < -0.4 is 0 Å². The number of nitrogens with zero attached hydrogens (tertiary/aromatic N) is 2. The van der Waals surface area contributed by atoms with E-state index in [0.29, 0.717) is 25.2 Å². The maximum Gasteiger partial charge on any atom is 0.274 e. The van der Waals surface area contributed by atoms with E-state index in [1.165, 1.54) is 5.56 Å². The number of carbonyl (C=O) groups is 1. The fourth-order valence-electron chi connectivity index (χ4n) is 3.71. The lowest BCUT2D eigenvalue weighted by Crippen LogP contribution is -2.37. The van der Waals surface area contributed by atoms with Crippen molar-refractivity contribution in [2.45, 2.75) is 45.4 Å². The number of nitrogens with one attached hydrogen (secondary N) is 1. The van der Waals surface area contributed by atoms with Gasteiger partial charge in [-0.15, -0.1) is 0 Å². The van der Waals surface area contributed by atoms with Crippen molar-refractivity contribution < 1.29 is 9.53 Å². The quantitative estimate of drug-likeness (QED) is 0.862. The molecule has 4 rings (SSSR count). The molecule has 0 fully saturated rings. The molecule has 1 amide bonds. The first-order valence-electron chi connectivity index (χ1n) is 8.32. The van der Waals surface area contributed by atoms with Gasteiger partial charge >= 0.3 is 0 Å². The number of hydrogen-bond donors (Lipinski definition) is 1. The minimum Gasteiger partial charge on any atom is -0.369 e. The molecule has 0 saturated carbocycles. The summed E-state index contributed by atoms with van der Waals surface area (Å²) in [7, 11) is 0. The summed E-state index contributed by atoms with van der Waals surface area (Å²) in [6, 6.07) is 5.93. The molecular weight excluding hydrogens is 326 g/mol. The van der Waals surface area contributed by atoms with Gasteiger partial charge in [0.25, 0.3) is 5.91 Å².